The summed E-state index contributed by atoms with van der Waals surface area (Å²) in [6, 6.07) is 10.8. The Balaban J connectivity index is 2.29. The number of nitrogens with one attached hydrogen (secondary N) is 1. The third kappa shape index (κ3) is 3.61. The van der Waals surface area contributed by atoms with Crippen LogP contribution in [-0.4, -0.2) is 11.5 Å². The van der Waals surface area contributed by atoms with E-state index in [4.69, 9.17) is 0 Å². The van der Waals surface area contributed by atoms with Crippen molar-refractivity contribution in [3.8, 4) is 0 Å². The summed E-state index contributed by atoms with van der Waals surface area (Å²) in [5, 5.41) is 3.48. The molecule has 0 amide bonds. The number of nitrogens with zero attached hydrogens (tertiary/aromatic N) is 1. The molecule has 1 aromatic heterocycles. The monoisotopic (exact) mass is 258 g/mol. The van der Waals surface area contributed by atoms with Crippen molar-refractivity contribution in [3.05, 3.63) is 65.2 Å². The van der Waals surface area contributed by atoms with Crippen molar-refractivity contribution in [2.75, 3.05) is 6.54 Å². The molecule has 0 aliphatic rings. The molecule has 1 atom stereocenters. The van der Waals surface area contributed by atoms with Gasteiger partial charge in [0.05, 0.1) is 6.04 Å². The van der Waals surface area contributed by atoms with Gasteiger partial charge in [-0.05, 0) is 49.2 Å². The van der Waals surface area contributed by atoms with Crippen LogP contribution in [0, 0.1) is 12.7 Å². The summed E-state index contributed by atoms with van der Waals surface area (Å²) in [6.07, 6.45) is 2.93. The topological polar surface area (TPSA) is 24.9 Å². The van der Waals surface area contributed by atoms with Crippen LogP contribution in [0.4, 0.5) is 4.39 Å². The Morgan fingerprint density at radius 1 is 1.11 bits per heavy atom. The zero-order chi connectivity index (χ0) is 13.7. The molecule has 2 nitrogen and oxygen atoms in total. The van der Waals surface area contributed by atoms with Gasteiger partial charge >= 0.3 is 0 Å². The van der Waals surface area contributed by atoms with Gasteiger partial charge in [0.1, 0.15) is 5.82 Å². The molecule has 19 heavy (non-hydrogen) atoms. The van der Waals surface area contributed by atoms with Crippen LogP contribution in [-0.2, 0) is 0 Å². The van der Waals surface area contributed by atoms with Crippen molar-refractivity contribution in [2.24, 2.45) is 0 Å². The van der Waals surface area contributed by atoms with Crippen LogP contribution in [0.2, 0.25) is 0 Å². The van der Waals surface area contributed by atoms with Crippen LogP contribution < -0.4 is 5.32 Å². The first-order chi connectivity index (χ1) is 9.20. The lowest BCUT2D eigenvalue weighted by molar-refractivity contribution is 0.591. The van der Waals surface area contributed by atoms with E-state index in [2.05, 4.69) is 23.3 Å². The SMILES string of the molecule is CCCNC(c1ccc(F)cc1)c1ccc(C)nc1. The molecular formula is C16H19FN2. The Morgan fingerprint density at radius 2 is 1.79 bits per heavy atom. The largest absolute Gasteiger partial charge is 0.306 e. The van der Waals surface area contributed by atoms with E-state index in [0.717, 1.165) is 29.8 Å². The fraction of sp³-hybridized carbons (Fsp3) is 0.312. The molecule has 1 N–H and O–H groups in total. The van der Waals surface area contributed by atoms with E-state index < -0.39 is 0 Å². The maximum atomic E-state index is 13.0. The highest BCUT2D eigenvalue weighted by Crippen LogP contribution is 2.22. The minimum atomic E-state index is -0.208. The zero-order valence-corrected chi connectivity index (χ0v) is 11.4. The standard InChI is InChI=1S/C16H19FN2/c1-3-10-18-16(13-6-8-15(17)9-7-13)14-5-4-12(2)19-11-14/h4-9,11,16,18H,3,10H2,1-2H3. The van der Waals surface area contributed by atoms with Gasteiger partial charge in [-0.25, -0.2) is 4.39 Å². The van der Waals surface area contributed by atoms with E-state index >= 15 is 0 Å². The van der Waals surface area contributed by atoms with Crippen LogP contribution in [0.3, 0.4) is 0 Å². The van der Waals surface area contributed by atoms with Crippen molar-refractivity contribution in [1.82, 2.24) is 10.3 Å². The molecular weight excluding hydrogens is 239 g/mol. The average molecular weight is 258 g/mol. The van der Waals surface area contributed by atoms with E-state index in [9.17, 15) is 4.39 Å². The van der Waals surface area contributed by atoms with Crippen molar-refractivity contribution in [3.63, 3.8) is 0 Å². The average Bonchev–Trinajstić information content (AvgIpc) is 2.43. The van der Waals surface area contributed by atoms with Crippen LogP contribution in [0.25, 0.3) is 0 Å². The molecule has 2 aromatic rings. The number of rotatable bonds is 5. The highest BCUT2D eigenvalue weighted by molar-refractivity contribution is 5.30. The lowest BCUT2D eigenvalue weighted by Crippen LogP contribution is -2.23. The first-order valence-electron chi connectivity index (χ1n) is 6.62. The van der Waals surface area contributed by atoms with Gasteiger partial charge in [-0.2, -0.15) is 0 Å². The third-order valence-corrected chi connectivity index (χ3v) is 3.07. The molecule has 1 aromatic carbocycles. The number of benzene rings is 1. The summed E-state index contributed by atoms with van der Waals surface area (Å²) in [6.45, 7) is 5.01. The lowest BCUT2D eigenvalue weighted by atomic mass is 10.00. The second kappa shape index (κ2) is 6.43. The van der Waals surface area contributed by atoms with Gasteiger partial charge in [0.25, 0.3) is 0 Å². The zero-order valence-electron chi connectivity index (χ0n) is 11.4. The highest BCUT2D eigenvalue weighted by atomic mass is 19.1. The minimum Gasteiger partial charge on any atom is -0.306 e. The van der Waals surface area contributed by atoms with E-state index in [1.807, 2.05) is 31.3 Å². The summed E-state index contributed by atoms with van der Waals surface area (Å²) < 4.78 is 13.0. The van der Waals surface area contributed by atoms with E-state index in [1.54, 1.807) is 0 Å². The lowest BCUT2D eigenvalue weighted by Gasteiger charge is -2.19. The molecule has 0 radical (unpaired) electrons. The minimum absolute atomic E-state index is 0.0636. The van der Waals surface area contributed by atoms with Crippen molar-refractivity contribution in [1.29, 1.82) is 0 Å². The first-order valence-corrected chi connectivity index (χ1v) is 6.62. The van der Waals surface area contributed by atoms with E-state index in [1.165, 1.54) is 12.1 Å². The van der Waals surface area contributed by atoms with Crippen LogP contribution in [0.5, 0.6) is 0 Å². The number of aromatic nitrogens is 1. The Kier molecular flexibility index (Phi) is 4.63. The van der Waals surface area contributed by atoms with E-state index in [-0.39, 0.29) is 11.9 Å². The highest BCUT2D eigenvalue weighted by Gasteiger charge is 2.13. The molecule has 0 saturated carbocycles. The molecule has 0 aliphatic heterocycles. The molecule has 3 heteroatoms. The van der Waals surface area contributed by atoms with Gasteiger partial charge < -0.3 is 5.32 Å². The predicted octanol–water partition coefficient (Wildman–Crippen LogP) is 3.62. The summed E-state index contributed by atoms with van der Waals surface area (Å²) >= 11 is 0. The van der Waals surface area contributed by atoms with Gasteiger partial charge in [-0.3, -0.25) is 4.98 Å². The van der Waals surface area contributed by atoms with Crippen LogP contribution in [0.15, 0.2) is 42.6 Å². The molecule has 0 aliphatic carbocycles. The number of aryl methyl sites for hydroxylation is 1. The number of halogens is 1. The summed E-state index contributed by atoms with van der Waals surface area (Å²) in [7, 11) is 0. The normalized spacial score (nSPS) is 12.4. The molecule has 100 valence electrons. The summed E-state index contributed by atoms with van der Waals surface area (Å²) in [4.78, 5) is 4.34. The smallest absolute Gasteiger partial charge is 0.123 e. The number of hydrogen-bond acceptors (Lipinski definition) is 2. The molecule has 0 bridgehead atoms. The fourth-order valence-corrected chi connectivity index (χ4v) is 2.02. The summed E-state index contributed by atoms with van der Waals surface area (Å²) in [5.41, 5.74) is 3.16. The van der Waals surface area contributed by atoms with Gasteiger partial charge in [-0.15, -0.1) is 0 Å². The van der Waals surface area contributed by atoms with Gasteiger partial charge in [0.15, 0.2) is 0 Å². The van der Waals surface area contributed by atoms with Crippen LogP contribution >= 0.6 is 0 Å². The molecule has 1 unspecified atom stereocenters. The number of pyridine rings is 1. The van der Waals surface area contributed by atoms with E-state index in [0.29, 0.717) is 0 Å². The second-order valence-electron chi connectivity index (χ2n) is 4.67. The predicted molar refractivity (Wildman–Crippen MR) is 75.5 cm³/mol. The Hall–Kier alpha value is -1.74. The molecule has 0 saturated heterocycles. The van der Waals surface area contributed by atoms with Crippen molar-refractivity contribution < 1.29 is 4.39 Å². The summed E-state index contributed by atoms with van der Waals surface area (Å²) in [5.74, 6) is -0.208. The number of hydrogen-bond donors (Lipinski definition) is 1. The quantitative estimate of drug-likeness (QED) is 0.886. The Labute approximate surface area is 113 Å². The van der Waals surface area contributed by atoms with Gasteiger partial charge in [0.2, 0.25) is 0 Å². The molecule has 0 spiro atoms. The van der Waals surface area contributed by atoms with Crippen molar-refractivity contribution >= 4 is 0 Å². The molecule has 1 heterocycles. The van der Waals surface area contributed by atoms with Crippen LogP contribution in [0.1, 0.15) is 36.2 Å². The third-order valence-electron chi connectivity index (χ3n) is 3.07. The Morgan fingerprint density at radius 3 is 2.37 bits per heavy atom. The van der Waals surface area contributed by atoms with Crippen molar-refractivity contribution in [2.45, 2.75) is 26.3 Å². The van der Waals surface area contributed by atoms with Gasteiger partial charge in [0, 0.05) is 11.9 Å². The first kappa shape index (κ1) is 13.7. The fourth-order valence-electron chi connectivity index (χ4n) is 2.02. The molecule has 0 fully saturated rings. The van der Waals surface area contributed by atoms with Gasteiger partial charge in [-0.1, -0.05) is 25.1 Å². The Bertz CT molecular complexity index is 460. The second-order valence-corrected chi connectivity index (χ2v) is 4.67. The maximum Gasteiger partial charge on any atom is 0.123 e. The maximum absolute atomic E-state index is 13.0. The molecule has 2 rings (SSSR count).